The van der Waals surface area contributed by atoms with Gasteiger partial charge in [-0.3, -0.25) is 4.79 Å². The molecule has 1 aliphatic rings. The first-order valence-corrected chi connectivity index (χ1v) is 3.62. The van der Waals surface area contributed by atoms with Crippen molar-refractivity contribution in [3.8, 4) is 0 Å². The summed E-state index contributed by atoms with van der Waals surface area (Å²) in [5.74, 6) is 0.152. The molecular formula is C7H13NO2. The van der Waals surface area contributed by atoms with Crippen molar-refractivity contribution in [2.45, 2.75) is 25.4 Å². The van der Waals surface area contributed by atoms with E-state index >= 15 is 0 Å². The number of nitrogens with one attached hydrogen (secondary N) is 1. The molecule has 1 N–H and O–H groups in total. The maximum absolute atomic E-state index is 10.8. The highest BCUT2D eigenvalue weighted by Gasteiger charge is 2.14. The van der Waals surface area contributed by atoms with E-state index < -0.39 is 0 Å². The zero-order chi connectivity index (χ0) is 7.40. The summed E-state index contributed by atoms with van der Waals surface area (Å²) in [5.41, 5.74) is 0. The van der Waals surface area contributed by atoms with Crippen LogP contribution in [0.5, 0.6) is 0 Å². The molecule has 1 amide bonds. The largest absolute Gasteiger partial charge is 0.381 e. The van der Waals surface area contributed by atoms with Crippen molar-refractivity contribution in [1.82, 2.24) is 5.32 Å². The molecule has 0 spiro atoms. The third-order valence-corrected chi connectivity index (χ3v) is 1.82. The summed E-state index contributed by atoms with van der Waals surface area (Å²) in [5, 5.41) is 2.79. The Labute approximate surface area is 60.7 Å². The lowest BCUT2D eigenvalue weighted by Gasteiger charge is -2.08. The van der Waals surface area contributed by atoms with Crippen molar-refractivity contribution in [2.75, 3.05) is 13.7 Å². The van der Waals surface area contributed by atoms with Crippen molar-refractivity contribution in [3.05, 3.63) is 0 Å². The lowest BCUT2D eigenvalue weighted by molar-refractivity contribution is -0.120. The van der Waals surface area contributed by atoms with Gasteiger partial charge in [-0.15, -0.1) is 0 Å². The number of methoxy groups -OCH3 is 1. The molecule has 0 aromatic carbocycles. The van der Waals surface area contributed by atoms with Crippen LogP contribution in [0.2, 0.25) is 0 Å². The molecule has 0 bridgehead atoms. The number of hydrogen-bond acceptors (Lipinski definition) is 2. The first kappa shape index (κ1) is 7.54. The molecule has 1 rings (SSSR count). The van der Waals surface area contributed by atoms with E-state index in [0.29, 0.717) is 6.42 Å². The van der Waals surface area contributed by atoms with Gasteiger partial charge in [-0.1, -0.05) is 0 Å². The van der Waals surface area contributed by atoms with Crippen LogP contribution in [0.4, 0.5) is 0 Å². The normalized spacial score (nSPS) is 27.3. The second-order valence-electron chi connectivity index (χ2n) is 2.54. The molecule has 0 aromatic heterocycles. The highest BCUT2D eigenvalue weighted by atomic mass is 16.5. The maximum Gasteiger partial charge on any atom is 0.220 e. The fourth-order valence-corrected chi connectivity index (χ4v) is 1.13. The van der Waals surface area contributed by atoms with Gasteiger partial charge in [0, 0.05) is 20.1 Å². The van der Waals surface area contributed by atoms with Gasteiger partial charge in [0.2, 0.25) is 5.91 Å². The number of rotatable bonds is 1. The lowest BCUT2D eigenvalue weighted by atomic mass is 10.2. The SMILES string of the molecule is COC1CCNC(=O)CC1. The molecular weight excluding hydrogens is 130 g/mol. The first-order chi connectivity index (χ1) is 4.83. The van der Waals surface area contributed by atoms with Crippen LogP contribution in [0.15, 0.2) is 0 Å². The van der Waals surface area contributed by atoms with Gasteiger partial charge in [-0.05, 0) is 12.8 Å². The van der Waals surface area contributed by atoms with E-state index in [1.165, 1.54) is 0 Å². The van der Waals surface area contributed by atoms with Crippen molar-refractivity contribution in [2.24, 2.45) is 0 Å². The van der Waals surface area contributed by atoms with Crippen molar-refractivity contribution >= 4 is 5.91 Å². The molecule has 1 atom stereocenters. The second kappa shape index (κ2) is 3.56. The summed E-state index contributed by atoms with van der Waals surface area (Å²) in [6.07, 6.45) is 2.70. The van der Waals surface area contributed by atoms with E-state index in [2.05, 4.69) is 5.32 Å². The lowest BCUT2D eigenvalue weighted by Crippen LogP contribution is -2.21. The molecule has 3 heteroatoms. The number of amides is 1. The molecule has 1 saturated heterocycles. The molecule has 0 aromatic rings. The van der Waals surface area contributed by atoms with Crippen LogP contribution < -0.4 is 5.32 Å². The number of ether oxygens (including phenoxy) is 1. The minimum atomic E-state index is 0.152. The molecule has 0 saturated carbocycles. The Morgan fingerprint density at radius 2 is 2.40 bits per heavy atom. The Kier molecular flexibility index (Phi) is 2.68. The summed E-state index contributed by atoms with van der Waals surface area (Å²) >= 11 is 0. The average Bonchev–Trinajstić information content (AvgIpc) is 2.14. The summed E-state index contributed by atoms with van der Waals surface area (Å²) in [6, 6.07) is 0. The van der Waals surface area contributed by atoms with Gasteiger partial charge >= 0.3 is 0 Å². The quantitative estimate of drug-likeness (QED) is 0.573. The zero-order valence-corrected chi connectivity index (χ0v) is 6.22. The smallest absolute Gasteiger partial charge is 0.220 e. The van der Waals surface area contributed by atoms with E-state index in [4.69, 9.17) is 4.74 Å². The third kappa shape index (κ3) is 1.99. The highest BCUT2D eigenvalue weighted by Crippen LogP contribution is 2.08. The Balaban J connectivity index is 2.33. The Bertz CT molecular complexity index is 125. The van der Waals surface area contributed by atoms with Crippen LogP contribution in [-0.4, -0.2) is 25.7 Å². The molecule has 10 heavy (non-hydrogen) atoms. The molecule has 0 aliphatic carbocycles. The van der Waals surface area contributed by atoms with Gasteiger partial charge in [-0.25, -0.2) is 0 Å². The first-order valence-electron chi connectivity index (χ1n) is 3.62. The second-order valence-corrected chi connectivity index (χ2v) is 2.54. The zero-order valence-electron chi connectivity index (χ0n) is 6.22. The molecule has 0 radical (unpaired) electrons. The van der Waals surface area contributed by atoms with Crippen LogP contribution in [0.3, 0.4) is 0 Å². The van der Waals surface area contributed by atoms with E-state index in [9.17, 15) is 4.79 Å². The summed E-state index contributed by atoms with van der Waals surface area (Å²) in [7, 11) is 1.69. The maximum atomic E-state index is 10.8. The molecule has 1 unspecified atom stereocenters. The molecule has 58 valence electrons. The van der Waals surface area contributed by atoms with Crippen molar-refractivity contribution < 1.29 is 9.53 Å². The minimum Gasteiger partial charge on any atom is -0.381 e. The van der Waals surface area contributed by atoms with Crippen molar-refractivity contribution in [1.29, 1.82) is 0 Å². The summed E-state index contributed by atoms with van der Waals surface area (Å²) in [4.78, 5) is 10.8. The van der Waals surface area contributed by atoms with Crippen molar-refractivity contribution in [3.63, 3.8) is 0 Å². The Hall–Kier alpha value is -0.570. The van der Waals surface area contributed by atoms with Crippen LogP contribution >= 0.6 is 0 Å². The highest BCUT2D eigenvalue weighted by molar-refractivity contribution is 5.76. The van der Waals surface area contributed by atoms with Crippen LogP contribution in [0, 0.1) is 0 Å². The molecule has 1 aliphatic heterocycles. The number of carbonyl (C=O) groups is 1. The molecule has 1 fully saturated rings. The van der Waals surface area contributed by atoms with E-state index in [1.807, 2.05) is 0 Å². The fourth-order valence-electron chi connectivity index (χ4n) is 1.13. The number of hydrogen-bond donors (Lipinski definition) is 1. The average molecular weight is 143 g/mol. The van der Waals surface area contributed by atoms with Gasteiger partial charge < -0.3 is 10.1 Å². The van der Waals surface area contributed by atoms with E-state index in [1.54, 1.807) is 7.11 Å². The number of carbonyl (C=O) groups excluding carboxylic acids is 1. The summed E-state index contributed by atoms with van der Waals surface area (Å²) in [6.45, 7) is 0.761. The van der Waals surface area contributed by atoms with Gasteiger partial charge in [0.05, 0.1) is 6.10 Å². The Morgan fingerprint density at radius 3 is 3.10 bits per heavy atom. The topological polar surface area (TPSA) is 38.3 Å². The predicted octanol–water partition coefficient (Wildman–Crippen LogP) is 0.301. The van der Waals surface area contributed by atoms with Gasteiger partial charge in [-0.2, -0.15) is 0 Å². The monoisotopic (exact) mass is 143 g/mol. The molecule has 1 heterocycles. The minimum absolute atomic E-state index is 0.152. The van der Waals surface area contributed by atoms with Crippen LogP contribution in [0.25, 0.3) is 0 Å². The van der Waals surface area contributed by atoms with E-state index in [-0.39, 0.29) is 12.0 Å². The standard InChI is InChI=1S/C7H13NO2/c1-10-6-2-3-7(9)8-5-4-6/h6H,2-5H2,1H3,(H,8,9). The van der Waals surface area contributed by atoms with E-state index in [0.717, 1.165) is 19.4 Å². The summed E-state index contributed by atoms with van der Waals surface area (Å²) < 4.78 is 5.13. The van der Waals surface area contributed by atoms with Gasteiger partial charge in [0.15, 0.2) is 0 Å². The van der Waals surface area contributed by atoms with Crippen LogP contribution in [-0.2, 0) is 9.53 Å². The Morgan fingerprint density at radius 1 is 1.60 bits per heavy atom. The van der Waals surface area contributed by atoms with Crippen LogP contribution in [0.1, 0.15) is 19.3 Å². The van der Waals surface area contributed by atoms with Gasteiger partial charge in [0.1, 0.15) is 0 Å². The fraction of sp³-hybridized carbons (Fsp3) is 0.857. The third-order valence-electron chi connectivity index (χ3n) is 1.82. The predicted molar refractivity (Wildman–Crippen MR) is 37.7 cm³/mol. The molecule has 3 nitrogen and oxygen atoms in total. The van der Waals surface area contributed by atoms with Gasteiger partial charge in [0.25, 0.3) is 0 Å².